The molecule has 29 heavy (non-hydrogen) atoms. The molecule has 0 radical (unpaired) electrons. The van der Waals surface area contributed by atoms with Gasteiger partial charge in [0.15, 0.2) is 5.76 Å². The van der Waals surface area contributed by atoms with Gasteiger partial charge in [0.05, 0.1) is 17.0 Å². The Labute approximate surface area is 172 Å². The molecule has 0 bridgehead atoms. The van der Waals surface area contributed by atoms with Crippen LogP contribution in [0.25, 0.3) is 11.3 Å². The van der Waals surface area contributed by atoms with Gasteiger partial charge in [-0.2, -0.15) is 0 Å². The third kappa shape index (κ3) is 4.43. The average Bonchev–Trinajstić information content (AvgIpc) is 3.30. The van der Waals surface area contributed by atoms with Gasteiger partial charge in [-0.3, -0.25) is 4.79 Å². The van der Waals surface area contributed by atoms with Crippen molar-refractivity contribution in [2.24, 2.45) is 17.8 Å². The zero-order valence-corrected chi connectivity index (χ0v) is 17.8. The van der Waals surface area contributed by atoms with Crippen molar-refractivity contribution in [3.05, 3.63) is 23.7 Å². The second-order valence-electron chi connectivity index (χ2n) is 8.98. The monoisotopic (exact) mass is 397 g/mol. The van der Waals surface area contributed by atoms with Gasteiger partial charge in [0, 0.05) is 44.7 Å². The van der Waals surface area contributed by atoms with Crippen molar-refractivity contribution in [3.63, 3.8) is 0 Å². The van der Waals surface area contributed by atoms with Gasteiger partial charge in [-0.25, -0.2) is 9.97 Å². The summed E-state index contributed by atoms with van der Waals surface area (Å²) in [4.78, 5) is 23.4. The molecule has 2 aromatic heterocycles. The van der Waals surface area contributed by atoms with Crippen LogP contribution in [0.3, 0.4) is 0 Å². The molecule has 7 nitrogen and oxygen atoms in total. The Bertz CT molecular complexity index is 870. The molecule has 2 saturated carbocycles. The van der Waals surface area contributed by atoms with E-state index in [0.717, 1.165) is 61.4 Å². The van der Waals surface area contributed by atoms with E-state index in [-0.39, 0.29) is 11.8 Å². The molecule has 2 heterocycles. The summed E-state index contributed by atoms with van der Waals surface area (Å²) in [5.41, 5.74) is 2.84. The number of amides is 1. The summed E-state index contributed by atoms with van der Waals surface area (Å²) in [7, 11) is 3.91. The molecule has 2 atom stereocenters. The van der Waals surface area contributed by atoms with Crippen molar-refractivity contribution in [2.75, 3.05) is 25.5 Å². The first-order valence-corrected chi connectivity index (χ1v) is 10.7. The largest absolute Gasteiger partial charge is 0.356 e. The second kappa shape index (κ2) is 8.13. The van der Waals surface area contributed by atoms with E-state index in [4.69, 9.17) is 9.51 Å². The Morgan fingerprint density at radius 2 is 2.00 bits per heavy atom. The van der Waals surface area contributed by atoms with Gasteiger partial charge < -0.3 is 14.7 Å². The van der Waals surface area contributed by atoms with E-state index in [1.54, 1.807) is 0 Å². The summed E-state index contributed by atoms with van der Waals surface area (Å²) in [6.45, 7) is 4.87. The standard InChI is InChI=1S/C22H31N5O2/c1-13-9-17(13)21(28)23-11-15-5-7-16(8-6-15)20-18(19-10-14(2)26-29-19)12-24-22(25-20)27(3)4/h10,12-13,15-17H,5-9,11H2,1-4H3,(H,23,28)/t13-,15?,16?,17-/m1/s1. The normalized spacial score (nSPS) is 26.2. The third-order valence-corrected chi connectivity index (χ3v) is 6.34. The number of hydrogen-bond donors (Lipinski definition) is 1. The lowest BCUT2D eigenvalue weighted by atomic mass is 9.79. The van der Waals surface area contributed by atoms with Crippen LogP contribution in [0.4, 0.5) is 5.95 Å². The van der Waals surface area contributed by atoms with Gasteiger partial charge in [-0.05, 0) is 50.9 Å². The summed E-state index contributed by atoms with van der Waals surface area (Å²) in [6.07, 6.45) is 7.22. The molecule has 0 spiro atoms. The lowest BCUT2D eigenvalue weighted by Crippen LogP contribution is -2.32. The summed E-state index contributed by atoms with van der Waals surface area (Å²) in [6, 6.07) is 1.94. The summed E-state index contributed by atoms with van der Waals surface area (Å²) in [5.74, 6) is 3.43. The first kappa shape index (κ1) is 19.9. The number of aryl methyl sites for hydroxylation is 1. The Balaban J connectivity index is 1.44. The Kier molecular flexibility index (Phi) is 5.56. The molecule has 156 valence electrons. The second-order valence-corrected chi connectivity index (χ2v) is 8.98. The van der Waals surface area contributed by atoms with Crippen molar-refractivity contribution >= 4 is 11.9 Å². The van der Waals surface area contributed by atoms with Crippen LogP contribution >= 0.6 is 0 Å². The fourth-order valence-corrected chi connectivity index (χ4v) is 4.30. The van der Waals surface area contributed by atoms with Gasteiger partial charge in [0.1, 0.15) is 0 Å². The Morgan fingerprint density at radius 3 is 2.59 bits per heavy atom. The van der Waals surface area contributed by atoms with E-state index in [1.807, 2.05) is 38.2 Å². The van der Waals surface area contributed by atoms with Gasteiger partial charge in [-0.1, -0.05) is 12.1 Å². The first-order chi connectivity index (χ1) is 13.9. The highest BCUT2D eigenvalue weighted by molar-refractivity contribution is 5.81. The number of rotatable bonds is 6. The molecule has 1 N–H and O–H groups in total. The zero-order valence-electron chi connectivity index (χ0n) is 17.8. The fourth-order valence-electron chi connectivity index (χ4n) is 4.30. The minimum absolute atomic E-state index is 0.244. The molecule has 0 saturated heterocycles. The smallest absolute Gasteiger partial charge is 0.225 e. The highest BCUT2D eigenvalue weighted by Gasteiger charge is 2.39. The van der Waals surface area contributed by atoms with E-state index < -0.39 is 0 Å². The van der Waals surface area contributed by atoms with Crippen LogP contribution in [0.5, 0.6) is 0 Å². The Hall–Kier alpha value is -2.44. The van der Waals surface area contributed by atoms with Gasteiger partial charge >= 0.3 is 0 Å². The maximum atomic E-state index is 12.1. The lowest BCUT2D eigenvalue weighted by molar-refractivity contribution is -0.122. The molecular formula is C22H31N5O2. The zero-order chi connectivity index (χ0) is 20.5. The first-order valence-electron chi connectivity index (χ1n) is 10.7. The predicted molar refractivity (Wildman–Crippen MR) is 112 cm³/mol. The Morgan fingerprint density at radius 1 is 1.28 bits per heavy atom. The molecule has 2 aromatic rings. The minimum Gasteiger partial charge on any atom is -0.356 e. The molecule has 7 heteroatoms. The third-order valence-electron chi connectivity index (χ3n) is 6.34. The summed E-state index contributed by atoms with van der Waals surface area (Å²) < 4.78 is 5.51. The van der Waals surface area contributed by atoms with Crippen molar-refractivity contribution in [3.8, 4) is 11.3 Å². The van der Waals surface area contributed by atoms with Crippen LogP contribution in [0.1, 0.15) is 56.3 Å². The molecule has 0 aromatic carbocycles. The SMILES string of the molecule is Cc1cc(-c2cnc(N(C)C)nc2C2CCC(CNC(=O)[C@@H]3C[C@H]3C)CC2)on1. The van der Waals surface area contributed by atoms with E-state index in [1.165, 1.54) is 0 Å². The molecule has 4 rings (SSSR count). The van der Waals surface area contributed by atoms with E-state index in [2.05, 4.69) is 22.4 Å². The van der Waals surface area contributed by atoms with Gasteiger partial charge in [-0.15, -0.1) is 0 Å². The highest BCUT2D eigenvalue weighted by atomic mass is 16.5. The topological polar surface area (TPSA) is 84.2 Å². The molecule has 0 unspecified atom stereocenters. The van der Waals surface area contributed by atoms with Crippen molar-refractivity contribution in [1.82, 2.24) is 20.4 Å². The number of aromatic nitrogens is 3. The number of nitrogens with one attached hydrogen (secondary N) is 1. The summed E-state index contributed by atoms with van der Waals surface area (Å²) >= 11 is 0. The maximum absolute atomic E-state index is 12.1. The van der Waals surface area contributed by atoms with Crippen LogP contribution in [0.2, 0.25) is 0 Å². The van der Waals surface area contributed by atoms with Crippen LogP contribution in [0, 0.1) is 24.7 Å². The minimum atomic E-state index is 0.244. The van der Waals surface area contributed by atoms with E-state index in [9.17, 15) is 4.79 Å². The molecule has 0 aliphatic heterocycles. The molecule has 2 fully saturated rings. The van der Waals surface area contributed by atoms with E-state index >= 15 is 0 Å². The van der Waals surface area contributed by atoms with Gasteiger partial charge in [0.2, 0.25) is 11.9 Å². The van der Waals surface area contributed by atoms with Crippen molar-refractivity contribution in [1.29, 1.82) is 0 Å². The molecule has 1 amide bonds. The highest BCUT2D eigenvalue weighted by Crippen LogP contribution is 2.40. The number of carbonyl (C=O) groups is 1. The molecule has 2 aliphatic rings. The summed E-state index contributed by atoms with van der Waals surface area (Å²) in [5, 5.41) is 7.20. The average molecular weight is 398 g/mol. The fraction of sp³-hybridized carbons (Fsp3) is 0.636. The quantitative estimate of drug-likeness (QED) is 0.802. The van der Waals surface area contributed by atoms with Crippen LogP contribution in [-0.4, -0.2) is 41.7 Å². The number of carbonyl (C=O) groups excluding carboxylic acids is 1. The van der Waals surface area contributed by atoms with Crippen molar-refractivity contribution in [2.45, 2.75) is 51.9 Å². The van der Waals surface area contributed by atoms with Crippen LogP contribution < -0.4 is 10.2 Å². The van der Waals surface area contributed by atoms with Gasteiger partial charge in [0.25, 0.3) is 0 Å². The van der Waals surface area contributed by atoms with Crippen LogP contribution in [0.15, 0.2) is 16.8 Å². The number of anilines is 1. The van der Waals surface area contributed by atoms with Crippen LogP contribution in [-0.2, 0) is 4.79 Å². The predicted octanol–water partition coefficient (Wildman–Crippen LogP) is 3.55. The number of hydrogen-bond acceptors (Lipinski definition) is 6. The molecular weight excluding hydrogens is 366 g/mol. The lowest BCUT2D eigenvalue weighted by Gasteiger charge is -2.29. The van der Waals surface area contributed by atoms with E-state index in [0.29, 0.717) is 23.7 Å². The maximum Gasteiger partial charge on any atom is 0.225 e. The number of nitrogens with zero attached hydrogens (tertiary/aromatic N) is 4. The van der Waals surface area contributed by atoms with Crippen molar-refractivity contribution < 1.29 is 9.32 Å². The molecule has 2 aliphatic carbocycles.